The number of pyridine rings is 1. The molecule has 3 aromatic rings. The molecule has 4 rings (SSSR count). The number of carbonyl (C=O) groups is 1. The van der Waals surface area contributed by atoms with E-state index >= 15 is 0 Å². The maximum Gasteiger partial charge on any atom is 0.252 e. The van der Waals surface area contributed by atoms with Crippen molar-refractivity contribution in [1.29, 1.82) is 0 Å². The van der Waals surface area contributed by atoms with Gasteiger partial charge in [-0.15, -0.1) is 0 Å². The monoisotopic (exact) mass is 445 g/mol. The Bertz CT molecular complexity index is 1060. The van der Waals surface area contributed by atoms with Gasteiger partial charge >= 0.3 is 0 Å². The number of benzene rings is 2. The molecule has 1 aromatic heterocycles. The topological polar surface area (TPSA) is 54.5 Å². The Labute approximate surface area is 197 Å². The van der Waals surface area contributed by atoms with Gasteiger partial charge in [0.25, 0.3) is 5.91 Å². The number of nitrogens with one attached hydrogen (secondary N) is 1. The van der Waals surface area contributed by atoms with Gasteiger partial charge < -0.3 is 15.0 Å². The molecular formula is C28H35N3O2. The van der Waals surface area contributed by atoms with E-state index < -0.39 is 0 Å². The van der Waals surface area contributed by atoms with Crippen LogP contribution in [-0.4, -0.2) is 48.1 Å². The highest BCUT2D eigenvalue weighted by Gasteiger charge is 2.20. The van der Waals surface area contributed by atoms with E-state index in [4.69, 9.17) is 9.72 Å². The van der Waals surface area contributed by atoms with Crippen LogP contribution in [0.25, 0.3) is 22.2 Å². The number of hydrogen-bond donors (Lipinski definition) is 1. The van der Waals surface area contributed by atoms with Gasteiger partial charge in [-0.3, -0.25) is 4.79 Å². The third-order valence-corrected chi connectivity index (χ3v) is 6.55. The predicted octanol–water partition coefficient (Wildman–Crippen LogP) is 5.68. The Kier molecular flexibility index (Phi) is 7.95. The van der Waals surface area contributed by atoms with Crippen LogP contribution in [0.2, 0.25) is 0 Å². The fraction of sp³-hybridized carbons (Fsp3) is 0.429. The van der Waals surface area contributed by atoms with Crippen molar-refractivity contribution >= 4 is 16.8 Å². The molecule has 0 unspecified atom stereocenters. The largest absolute Gasteiger partial charge is 0.494 e. The summed E-state index contributed by atoms with van der Waals surface area (Å²) in [5.74, 6) is 0.797. The van der Waals surface area contributed by atoms with Crippen molar-refractivity contribution in [2.24, 2.45) is 0 Å². The summed E-state index contributed by atoms with van der Waals surface area (Å²) < 4.78 is 5.55. The van der Waals surface area contributed by atoms with E-state index in [9.17, 15) is 4.79 Å². The fourth-order valence-electron chi connectivity index (χ4n) is 4.80. The first kappa shape index (κ1) is 23.2. The average molecular weight is 446 g/mol. The number of aromatic nitrogens is 1. The van der Waals surface area contributed by atoms with Crippen LogP contribution in [0.5, 0.6) is 5.75 Å². The smallest absolute Gasteiger partial charge is 0.252 e. The SMILES string of the molecule is CCOc1ccc(-c2cc(C(=O)NCCCN3CCCC[C@H]3CC)c3ccccc3n2)cc1. The number of rotatable bonds is 9. The Morgan fingerprint density at radius 3 is 2.73 bits per heavy atom. The molecule has 1 atom stereocenters. The lowest BCUT2D eigenvalue weighted by molar-refractivity contribution is 0.0949. The summed E-state index contributed by atoms with van der Waals surface area (Å²) in [6.07, 6.45) is 6.12. The van der Waals surface area contributed by atoms with Crippen LogP contribution >= 0.6 is 0 Å². The highest BCUT2D eigenvalue weighted by molar-refractivity contribution is 6.07. The number of carbonyl (C=O) groups excluding carboxylic acids is 1. The normalized spacial score (nSPS) is 16.6. The van der Waals surface area contributed by atoms with E-state index in [0.717, 1.165) is 40.9 Å². The third-order valence-electron chi connectivity index (χ3n) is 6.55. The molecule has 174 valence electrons. The van der Waals surface area contributed by atoms with Crippen LogP contribution in [-0.2, 0) is 0 Å². The second-order valence-corrected chi connectivity index (χ2v) is 8.73. The van der Waals surface area contributed by atoms with Gasteiger partial charge in [-0.05, 0) is 75.5 Å². The molecule has 5 nitrogen and oxygen atoms in total. The highest BCUT2D eigenvalue weighted by atomic mass is 16.5. The zero-order chi connectivity index (χ0) is 23.0. The van der Waals surface area contributed by atoms with E-state index in [-0.39, 0.29) is 5.91 Å². The van der Waals surface area contributed by atoms with E-state index in [1.54, 1.807) is 0 Å². The summed E-state index contributed by atoms with van der Waals surface area (Å²) >= 11 is 0. The minimum absolute atomic E-state index is 0.0357. The van der Waals surface area contributed by atoms with Gasteiger partial charge in [-0.25, -0.2) is 4.98 Å². The van der Waals surface area contributed by atoms with Crippen molar-refractivity contribution in [1.82, 2.24) is 15.2 Å². The van der Waals surface area contributed by atoms with Gasteiger partial charge in [-0.1, -0.05) is 31.5 Å². The molecule has 33 heavy (non-hydrogen) atoms. The second-order valence-electron chi connectivity index (χ2n) is 8.73. The number of fused-ring (bicyclic) bond motifs is 1. The van der Waals surface area contributed by atoms with Crippen LogP contribution in [0, 0.1) is 0 Å². The summed E-state index contributed by atoms with van der Waals surface area (Å²) in [4.78, 5) is 20.6. The molecular weight excluding hydrogens is 410 g/mol. The number of hydrogen-bond acceptors (Lipinski definition) is 4. The molecule has 5 heteroatoms. The van der Waals surface area contributed by atoms with E-state index in [1.807, 2.05) is 61.5 Å². The first-order valence-electron chi connectivity index (χ1n) is 12.3. The number of nitrogens with zero attached hydrogens (tertiary/aromatic N) is 2. The van der Waals surface area contributed by atoms with Gasteiger partial charge in [0, 0.05) is 30.1 Å². The summed E-state index contributed by atoms with van der Waals surface area (Å²) in [5, 5.41) is 4.04. The summed E-state index contributed by atoms with van der Waals surface area (Å²) in [7, 11) is 0. The van der Waals surface area contributed by atoms with Crippen molar-refractivity contribution in [3.8, 4) is 17.0 Å². The van der Waals surface area contributed by atoms with Crippen LogP contribution in [0.3, 0.4) is 0 Å². The van der Waals surface area contributed by atoms with Crippen molar-refractivity contribution in [3.05, 3.63) is 60.2 Å². The van der Waals surface area contributed by atoms with Gasteiger partial charge in [0.15, 0.2) is 0 Å². The number of piperidine rings is 1. The number of amides is 1. The Morgan fingerprint density at radius 1 is 1.12 bits per heavy atom. The highest BCUT2D eigenvalue weighted by Crippen LogP contribution is 2.26. The van der Waals surface area contributed by atoms with Gasteiger partial charge in [0.05, 0.1) is 23.4 Å². The Hall–Kier alpha value is -2.92. The van der Waals surface area contributed by atoms with Crippen molar-refractivity contribution in [2.75, 3.05) is 26.2 Å². The maximum atomic E-state index is 13.2. The molecule has 0 aliphatic carbocycles. The summed E-state index contributed by atoms with van der Waals surface area (Å²) in [6.45, 7) is 7.80. The van der Waals surface area contributed by atoms with Gasteiger partial charge in [0.2, 0.25) is 0 Å². The molecule has 1 saturated heterocycles. The third kappa shape index (κ3) is 5.72. The first-order valence-corrected chi connectivity index (χ1v) is 12.3. The summed E-state index contributed by atoms with van der Waals surface area (Å²) in [6, 6.07) is 18.3. The molecule has 2 heterocycles. The number of para-hydroxylation sites is 1. The maximum absolute atomic E-state index is 13.2. The van der Waals surface area contributed by atoms with E-state index in [0.29, 0.717) is 24.8 Å². The number of ether oxygens (including phenoxy) is 1. The molecule has 1 amide bonds. The molecule has 0 spiro atoms. The van der Waals surface area contributed by atoms with Crippen molar-refractivity contribution in [3.63, 3.8) is 0 Å². The van der Waals surface area contributed by atoms with Crippen LogP contribution in [0.15, 0.2) is 54.6 Å². The molecule has 0 bridgehead atoms. The molecule has 0 saturated carbocycles. The van der Waals surface area contributed by atoms with E-state index in [2.05, 4.69) is 17.1 Å². The summed E-state index contributed by atoms with van der Waals surface area (Å²) in [5.41, 5.74) is 3.26. The Balaban J connectivity index is 1.47. The standard InChI is InChI=1S/C28H35N3O2/c1-3-22-10-7-8-18-31(22)19-9-17-29-28(32)25-20-27(30-26-12-6-5-11-24(25)26)21-13-15-23(16-14-21)33-4-2/h5-6,11-16,20,22H,3-4,7-10,17-19H2,1-2H3,(H,29,32)/t22-/m1/s1. The average Bonchev–Trinajstić information content (AvgIpc) is 2.86. The van der Waals surface area contributed by atoms with Crippen LogP contribution in [0.4, 0.5) is 0 Å². The lowest BCUT2D eigenvalue weighted by Gasteiger charge is -2.35. The minimum atomic E-state index is -0.0357. The number of likely N-dealkylation sites (tertiary alicyclic amines) is 1. The van der Waals surface area contributed by atoms with Crippen molar-refractivity contribution in [2.45, 2.75) is 52.0 Å². The molecule has 1 aliphatic heterocycles. The second kappa shape index (κ2) is 11.3. The molecule has 1 N–H and O–H groups in total. The Morgan fingerprint density at radius 2 is 1.94 bits per heavy atom. The van der Waals surface area contributed by atoms with E-state index in [1.165, 1.54) is 32.2 Å². The molecule has 0 radical (unpaired) electrons. The lowest BCUT2D eigenvalue weighted by atomic mass is 10.00. The molecule has 2 aromatic carbocycles. The molecule has 1 fully saturated rings. The van der Waals surface area contributed by atoms with Gasteiger partial charge in [0.1, 0.15) is 5.75 Å². The van der Waals surface area contributed by atoms with Gasteiger partial charge in [-0.2, -0.15) is 0 Å². The zero-order valence-corrected chi connectivity index (χ0v) is 19.8. The minimum Gasteiger partial charge on any atom is -0.494 e. The predicted molar refractivity (Wildman–Crippen MR) is 135 cm³/mol. The van der Waals surface area contributed by atoms with Crippen LogP contribution < -0.4 is 10.1 Å². The first-order chi connectivity index (χ1) is 16.2. The molecule has 1 aliphatic rings. The fourth-order valence-corrected chi connectivity index (χ4v) is 4.80. The quantitative estimate of drug-likeness (QED) is 0.430. The lowest BCUT2D eigenvalue weighted by Crippen LogP contribution is -2.40. The zero-order valence-electron chi connectivity index (χ0n) is 19.8. The van der Waals surface area contributed by atoms with Crippen LogP contribution in [0.1, 0.15) is 56.3 Å². The van der Waals surface area contributed by atoms with Crippen molar-refractivity contribution < 1.29 is 9.53 Å².